The molecule has 1 aromatic carbocycles. The number of hydrogen-bond donors (Lipinski definition) is 2. The first kappa shape index (κ1) is 15.6. The van der Waals surface area contributed by atoms with Gasteiger partial charge in [-0.15, -0.1) is 13.2 Å². The predicted molar refractivity (Wildman–Crippen MR) is 74.7 cm³/mol. The van der Waals surface area contributed by atoms with E-state index in [4.69, 9.17) is 11.5 Å². The predicted octanol–water partition coefficient (Wildman–Crippen LogP) is 2.59. The molecule has 0 radical (unpaired) electrons. The van der Waals surface area contributed by atoms with Crippen molar-refractivity contribution in [2.45, 2.75) is 31.3 Å². The van der Waals surface area contributed by atoms with Gasteiger partial charge < -0.3 is 16.2 Å². The molecule has 2 unspecified atom stereocenters. The van der Waals surface area contributed by atoms with E-state index >= 15 is 0 Å². The van der Waals surface area contributed by atoms with Crippen LogP contribution in [0.3, 0.4) is 0 Å². The molecule has 0 aromatic heterocycles. The molecule has 114 valence electrons. The maximum absolute atomic E-state index is 12.2. The van der Waals surface area contributed by atoms with Crippen molar-refractivity contribution in [2.75, 3.05) is 0 Å². The van der Waals surface area contributed by atoms with Gasteiger partial charge in [-0.2, -0.15) is 0 Å². The van der Waals surface area contributed by atoms with Gasteiger partial charge in [-0.05, 0) is 36.6 Å². The molecule has 6 heteroatoms. The number of benzene rings is 1. The molecule has 3 nitrogen and oxygen atoms in total. The quantitative estimate of drug-likeness (QED) is 0.901. The summed E-state index contributed by atoms with van der Waals surface area (Å²) in [7, 11) is 0. The Morgan fingerprint density at radius 1 is 1.29 bits per heavy atom. The highest BCUT2D eigenvalue weighted by molar-refractivity contribution is 5.38. The number of allylic oxidation sites excluding steroid dienone is 2. The summed E-state index contributed by atoms with van der Waals surface area (Å²) in [6.07, 6.45) is 3.01. The van der Waals surface area contributed by atoms with E-state index in [2.05, 4.69) is 4.74 Å². The van der Waals surface area contributed by atoms with Crippen LogP contribution in [-0.2, 0) is 6.42 Å². The Kier molecular flexibility index (Phi) is 4.11. The van der Waals surface area contributed by atoms with Crippen LogP contribution in [-0.4, -0.2) is 17.9 Å². The minimum Gasteiger partial charge on any atom is -0.406 e. The normalized spacial score (nSPS) is 25.1. The largest absolute Gasteiger partial charge is 0.573 e. The van der Waals surface area contributed by atoms with Gasteiger partial charge in [0.25, 0.3) is 0 Å². The Hall–Kier alpha value is -1.79. The van der Waals surface area contributed by atoms with Crippen LogP contribution in [0.25, 0.3) is 0 Å². The monoisotopic (exact) mass is 298 g/mol. The first-order chi connectivity index (χ1) is 9.70. The average Bonchev–Trinajstić information content (AvgIpc) is 2.35. The van der Waals surface area contributed by atoms with Crippen molar-refractivity contribution in [3.05, 3.63) is 53.6 Å². The van der Waals surface area contributed by atoms with Crippen LogP contribution in [0.1, 0.15) is 11.1 Å². The summed E-state index contributed by atoms with van der Waals surface area (Å²) in [6, 6.07) is 3.88. The molecule has 2 atom stereocenters. The van der Waals surface area contributed by atoms with E-state index in [9.17, 15) is 13.2 Å². The second-order valence-electron chi connectivity index (χ2n) is 5.20. The first-order valence-electron chi connectivity index (χ1n) is 6.45. The molecule has 0 fully saturated rings. The van der Waals surface area contributed by atoms with Gasteiger partial charge in [-0.1, -0.05) is 30.4 Å². The van der Waals surface area contributed by atoms with Crippen molar-refractivity contribution in [1.29, 1.82) is 0 Å². The summed E-state index contributed by atoms with van der Waals surface area (Å²) in [5.41, 5.74) is 13.0. The van der Waals surface area contributed by atoms with Crippen LogP contribution in [0, 0.1) is 6.92 Å². The maximum atomic E-state index is 12.2. The zero-order valence-electron chi connectivity index (χ0n) is 11.5. The zero-order valence-corrected chi connectivity index (χ0v) is 11.5. The number of alkyl halides is 3. The minimum absolute atomic E-state index is 0.238. The van der Waals surface area contributed by atoms with Crippen molar-refractivity contribution in [3.8, 4) is 5.75 Å². The van der Waals surface area contributed by atoms with Gasteiger partial charge in [-0.3, -0.25) is 0 Å². The van der Waals surface area contributed by atoms with Crippen LogP contribution in [0.4, 0.5) is 13.2 Å². The Labute approximate surface area is 121 Å². The van der Waals surface area contributed by atoms with Crippen molar-refractivity contribution in [1.82, 2.24) is 0 Å². The van der Waals surface area contributed by atoms with E-state index in [-0.39, 0.29) is 11.8 Å². The van der Waals surface area contributed by atoms with Crippen molar-refractivity contribution < 1.29 is 17.9 Å². The Bertz CT molecular complexity index is 581. The third kappa shape index (κ3) is 3.86. The van der Waals surface area contributed by atoms with Crippen molar-refractivity contribution in [3.63, 3.8) is 0 Å². The van der Waals surface area contributed by atoms with Crippen molar-refractivity contribution >= 4 is 0 Å². The van der Waals surface area contributed by atoms with E-state index in [1.54, 1.807) is 19.1 Å². The van der Waals surface area contributed by atoms with E-state index in [0.29, 0.717) is 12.0 Å². The highest BCUT2D eigenvalue weighted by Gasteiger charge is 2.32. The minimum atomic E-state index is -4.69. The molecular formula is C15H17F3N2O. The molecular weight excluding hydrogens is 281 g/mol. The Morgan fingerprint density at radius 2 is 2.00 bits per heavy atom. The van der Waals surface area contributed by atoms with Gasteiger partial charge >= 0.3 is 6.36 Å². The Morgan fingerprint density at radius 3 is 2.57 bits per heavy atom. The van der Waals surface area contributed by atoms with Gasteiger partial charge in [0.05, 0.1) is 5.54 Å². The first-order valence-corrected chi connectivity index (χ1v) is 6.45. The van der Waals surface area contributed by atoms with Crippen LogP contribution in [0.5, 0.6) is 5.75 Å². The summed E-state index contributed by atoms with van der Waals surface area (Å²) in [5.74, 6) is -0.238. The number of hydrogen-bond acceptors (Lipinski definition) is 3. The molecule has 0 aliphatic heterocycles. The summed E-state index contributed by atoms with van der Waals surface area (Å²) in [6.45, 7) is 1.72. The second kappa shape index (κ2) is 5.54. The van der Waals surface area contributed by atoms with E-state index < -0.39 is 11.9 Å². The number of ether oxygens (including phenoxy) is 1. The fourth-order valence-electron chi connectivity index (χ4n) is 2.28. The van der Waals surface area contributed by atoms with Gasteiger partial charge in [-0.25, -0.2) is 0 Å². The molecule has 4 N–H and O–H groups in total. The van der Waals surface area contributed by atoms with E-state index in [1.807, 2.05) is 18.2 Å². The lowest BCUT2D eigenvalue weighted by molar-refractivity contribution is -0.274. The topological polar surface area (TPSA) is 61.3 Å². The van der Waals surface area contributed by atoms with Crippen molar-refractivity contribution in [2.24, 2.45) is 11.5 Å². The molecule has 1 aliphatic carbocycles. The molecule has 1 aromatic rings. The molecule has 0 saturated heterocycles. The van der Waals surface area contributed by atoms with Crippen LogP contribution >= 0.6 is 0 Å². The molecule has 0 heterocycles. The number of nitrogens with two attached hydrogens (primary N) is 2. The second-order valence-corrected chi connectivity index (χ2v) is 5.20. The molecule has 2 rings (SSSR count). The smallest absolute Gasteiger partial charge is 0.406 e. The van der Waals surface area contributed by atoms with Gasteiger partial charge in [0, 0.05) is 6.04 Å². The fourth-order valence-corrected chi connectivity index (χ4v) is 2.28. The molecule has 0 bridgehead atoms. The SMILES string of the molecule is Cc1cc(OC(F)(F)F)ccc1CC1(N)C=CC=CC1N. The lowest BCUT2D eigenvalue weighted by Gasteiger charge is -2.33. The lowest BCUT2D eigenvalue weighted by atomic mass is 9.81. The summed E-state index contributed by atoms with van der Waals surface area (Å²) < 4.78 is 40.4. The molecule has 0 amide bonds. The average molecular weight is 298 g/mol. The summed E-state index contributed by atoms with van der Waals surface area (Å²) in [4.78, 5) is 0. The molecule has 1 aliphatic rings. The third-order valence-electron chi connectivity index (χ3n) is 3.50. The number of halogens is 3. The van der Waals surface area contributed by atoms with Gasteiger partial charge in [0.2, 0.25) is 0 Å². The Balaban J connectivity index is 2.18. The molecule has 21 heavy (non-hydrogen) atoms. The van der Waals surface area contributed by atoms with Crippen LogP contribution in [0.15, 0.2) is 42.5 Å². The zero-order chi connectivity index (χ0) is 15.7. The number of aryl methyl sites for hydroxylation is 1. The lowest BCUT2D eigenvalue weighted by Crippen LogP contribution is -2.55. The highest BCUT2D eigenvalue weighted by Crippen LogP contribution is 2.27. The fraction of sp³-hybridized carbons (Fsp3) is 0.333. The third-order valence-corrected chi connectivity index (χ3v) is 3.50. The highest BCUT2D eigenvalue weighted by atomic mass is 19.4. The maximum Gasteiger partial charge on any atom is 0.573 e. The van der Waals surface area contributed by atoms with E-state index in [0.717, 1.165) is 5.56 Å². The summed E-state index contributed by atoms with van der Waals surface area (Å²) >= 11 is 0. The molecule has 0 saturated carbocycles. The molecule has 0 spiro atoms. The summed E-state index contributed by atoms with van der Waals surface area (Å²) in [5, 5.41) is 0. The standard InChI is InChI=1S/C15H17F3N2O/c1-10-8-12(21-15(16,17)18)6-5-11(10)9-14(20)7-3-2-4-13(14)19/h2-8,13H,9,19-20H2,1H3. The van der Waals surface area contributed by atoms with Gasteiger partial charge in [0.15, 0.2) is 0 Å². The van der Waals surface area contributed by atoms with Crippen LogP contribution in [0.2, 0.25) is 0 Å². The van der Waals surface area contributed by atoms with Gasteiger partial charge in [0.1, 0.15) is 5.75 Å². The number of rotatable bonds is 3. The van der Waals surface area contributed by atoms with E-state index in [1.165, 1.54) is 12.1 Å². The van der Waals surface area contributed by atoms with Crippen LogP contribution < -0.4 is 16.2 Å².